The highest BCUT2D eigenvalue weighted by Crippen LogP contribution is 2.22. The van der Waals surface area contributed by atoms with E-state index < -0.39 is 0 Å². The summed E-state index contributed by atoms with van der Waals surface area (Å²) in [4.78, 5) is 4.53. The molecule has 0 saturated carbocycles. The second-order valence-corrected chi connectivity index (χ2v) is 4.75. The van der Waals surface area contributed by atoms with Crippen molar-refractivity contribution in [1.82, 2.24) is 15.2 Å². The van der Waals surface area contributed by atoms with Crippen LogP contribution in [0.5, 0.6) is 0 Å². The maximum atomic E-state index is 6.21. The van der Waals surface area contributed by atoms with E-state index in [1.165, 1.54) is 0 Å². The van der Waals surface area contributed by atoms with Crippen molar-refractivity contribution >= 4 is 0 Å². The topological polar surface area (TPSA) is 67.6 Å². The van der Waals surface area contributed by atoms with Crippen LogP contribution >= 0.6 is 0 Å². The van der Waals surface area contributed by atoms with Crippen molar-refractivity contribution in [2.75, 3.05) is 0 Å². The second-order valence-electron chi connectivity index (χ2n) is 4.75. The van der Waals surface area contributed by atoms with Crippen molar-refractivity contribution < 1.29 is 0 Å². The minimum atomic E-state index is -0.290. The molecule has 100 valence electrons. The lowest BCUT2D eigenvalue weighted by atomic mass is 10.1. The summed E-state index contributed by atoms with van der Waals surface area (Å²) in [5, 5.41) is 7.22. The Morgan fingerprint density at radius 2 is 1.70 bits per heavy atom. The molecule has 0 fully saturated rings. The third-order valence-electron chi connectivity index (χ3n) is 3.34. The first-order chi connectivity index (χ1) is 9.75. The van der Waals surface area contributed by atoms with E-state index >= 15 is 0 Å². The molecule has 0 amide bonds. The van der Waals surface area contributed by atoms with E-state index in [1.54, 1.807) is 0 Å². The summed E-state index contributed by atoms with van der Waals surface area (Å²) in [5.41, 5.74) is 9.39. The van der Waals surface area contributed by atoms with Gasteiger partial charge in [0, 0.05) is 5.56 Å². The van der Waals surface area contributed by atoms with Crippen molar-refractivity contribution in [2.24, 2.45) is 5.73 Å². The molecule has 0 bridgehead atoms. The fraction of sp³-hybridized carbons (Fsp3) is 0.125. The van der Waals surface area contributed by atoms with Crippen molar-refractivity contribution in [1.29, 1.82) is 0 Å². The number of H-pyrrole nitrogens is 1. The van der Waals surface area contributed by atoms with Crippen LogP contribution in [-0.2, 0) is 0 Å². The molecule has 0 aliphatic heterocycles. The molecule has 4 heteroatoms. The highest BCUT2D eigenvalue weighted by atomic mass is 15.2. The summed E-state index contributed by atoms with van der Waals surface area (Å²) in [6.07, 6.45) is 0. The van der Waals surface area contributed by atoms with Gasteiger partial charge in [-0.3, -0.25) is 5.10 Å². The van der Waals surface area contributed by atoms with Crippen molar-refractivity contribution in [2.45, 2.75) is 13.0 Å². The number of nitrogens with one attached hydrogen (secondary N) is 1. The van der Waals surface area contributed by atoms with Gasteiger partial charge in [-0.05, 0) is 18.1 Å². The van der Waals surface area contributed by atoms with Gasteiger partial charge >= 0.3 is 0 Å². The van der Waals surface area contributed by atoms with Crippen molar-refractivity contribution in [3.05, 3.63) is 71.5 Å². The zero-order valence-electron chi connectivity index (χ0n) is 11.2. The van der Waals surface area contributed by atoms with Crippen LogP contribution in [0.3, 0.4) is 0 Å². The van der Waals surface area contributed by atoms with Gasteiger partial charge < -0.3 is 5.73 Å². The standard InChI is InChI=1S/C16H16N4/c1-11-7-5-6-10-13(11)15-18-16(20-19-15)14(17)12-8-3-2-4-9-12/h2-10,14H,17H2,1H3,(H,18,19,20). The Morgan fingerprint density at radius 1 is 1.00 bits per heavy atom. The summed E-state index contributed by atoms with van der Waals surface area (Å²) < 4.78 is 0. The average molecular weight is 264 g/mol. The molecular weight excluding hydrogens is 248 g/mol. The molecule has 0 radical (unpaired) electrons. The highest BCUT2D eigenvalue weighted by Gasteiger charge is 2.15. The van der Waals surface area contributed by atoms with Crippen LogP contribution in [0.15, 0.2) is 54.6 Å². The molecule has 0 spiro atoms. The molecule has 3 N–H and O–H groups in total. The first-order valence-electron chi connectivity index (χ1n) is 6.54. The van der Waals surface area contributed by atoms with E-state index in [0.717, 1.165) is 16.7 Å². The van der Waals surface area contributed by atoms with Gasteiger partial charge in [0.25, 0.3) is 0 Å². The van der Waals surface area contributed by atoms with Gasteiger partial charge in [0.15, 0.2) is 5.82 Å². The number of aryl methyl sites for hydroxylation is 1. The number of hydrogen-bond acceptors (Lipinski definition) is 3. The van der Waals surface area contributed by atoms with Gasteiger partial charge in [-0.25, -0.2) is 4.98 Å². The SMILES string of the molecule is Cc1ccccc1-c1n[nH]c(C(N)c2ccccc2)n1. The predicted molar refractivity (Wildman–Crippen MR) is 79.0 cm³/mol. The van der Waals surface area contributed by atoms with Crippen LogP contribution in [0.4, 0.5) is 0 Å². The predicted octanol–water partition coefficient (Wildman–Crippen LogP) is 2.83. The number of aromatic nitrogens is 3. The molecule has 3 aromatic rings. The molecule has 3 rings (SSSR count). The van der Waals surface area contributed by atoms with Crippen LogP contribution in [0.2, 0.25) is 0 Å². The lowest BCUT2D eigenvalue weighted by molar-refractivity contribution is 0.787. The quantitative estimate of drug-likeness (QED) is 0.764. The summed E-state index contributed by atoms with van der Waals surface area (Å²) in [6.45, 7) is 2.04. The Kier molecular flexibility index (Phi) is 3.31. The zero-order chi connectivity index (χ0) is 13.9. The van der Waals surface area contributed by atoms with Gasteiger partial charge in [-0.2, -0.15) is 5.10 Å². The van der Waals surface area contributed by atoms with E-state index in [1.807, 2.05) is 61.5 Å². The maximum Gasteiger partial charge on any atom is 0.181 e. The van der Waals surface area contributed by atoms with E-state index in [2.05, 4.69) is 15.2 Å². The van der Waals surface area contributed by atoms with E-state index in [9.17, 15) is 0 Å². The maximum absolute atomic E-state index is 6.21. The average Bonchev–Trinajstić information content (AvgIpc) is 2.97. The summed E-state index contributed by atoms with van der Waals surface area (Å²) in [7, 11) is 0. The number of hydrogen-bond donors (Lipinski definition) is 2. The molecule has 20 heavy (non-hydrogen) atoms. The van der Waals surface area contributed by atoms with Gasteiger partial charge in [0.1, 0.15) is 5.82 Å². The molecule has 1 atom stereocenters. The number of benzene rings is 2. The lowest BCUT2D eigenvalue weighted by Gasteiger charge is -2.07. The summed E-state index contributed by atoms with van der Waals surface area (Å²) in [5.74, 6) is 1.36. The van der Waals surface area contributed by atoms with Gasteiger partial charge in [0.2, 0.25) is 0 Å². The number of rotatable bonds is 3. The number of aromatic amines is 1. The van der Waals surface area contributed by atoms with Gasteiger partial charge in [-0.1, -0.05) is 54.6 Å². The minimum absolute atomic E-state index is 0.290. The molecule has 1 aromatic heterocycles. The Labute approximate surface area is 117 Å². The third-order valence-corrected chi connectivity index (χ3v) is 3.34. The molecule has 2 aromatic carbocycles. The smallest absolute Gasteiger partial charge is 0.181 e. The van der Waals surface area contributed by atoms with Gasteiger partial charge in [-0.15, -0.1) is 0 Å². The fourth-order valence-electron chi connectivity index (χ4n) is 2.18. The molecule has 1 heterocycles. The summed E-state index contributed by atoms with van der Waals surface area (Å²) >= 11 is 0. The minimum Gasteiger partial charge on any atom is -0.318 e. The molecular formula is C16H16N4. The second kappa shape index (κ2) is 5.27. The van der Waals surface area contributed by atoms with Crippen molar-refractivity contribution in [3.63, 3.8) is 0 Å². The molecule has 0 saturated heterocycles. The largest absolute Gasteiger partial charge is 0.318 e. The summed E-state index contributed by atoms with van der Waals surface area (Å²) in [6, 6.07) is 17.6. The first kappa shape index (κ1) is 12.6. The van der Waals surface area contributed by atoms with Crippen LogP contribution in [0, 0.1) is 6.92 Å². The van der Waals surface area contributed by atoms with Gasteiger partial charge in [0.05, 0.1) is 6.04 Å². The number of nitrogens with two attached hydrogens (primary N) is 1. The Hall–Kier alpha value is -2.46. The van der Waals surface area contributed by atoms with Crippen LogP contribution < -0.4 is 5.73 Å². The molecule has 0 aliphatic rings. The molecule has 0 aliphatic carbocycles. The van der Waals surface area contributed by atoms with E-state index in [-0.39, 0.29) is 6.04 Å². The van der Waals surface area contributed by atoms with E-state index in [4.69, 9.17) is 5.73 Å². The zero-order valence-corrected chi connectivity index (χ0v) is 11.2. The molecule has 1 unspecified atom stereocenters. The van der Waals surface area contributed by atoms with Crippen LogP contribution in [0.25, 0.3) is 11.4 Å². The lowest BCUT2D eigenvalue weighted by Crippen LogP contribution is -2.13. The Bertz CT molecular complexity index is 703. The monoisotopic (exact) mass is 264 g/mol. The van der Waals surface area contributed by atoms with E-state index in [0.29, 0.717) is 11.6 Å². The van der Waals surface area contributed by atoms with Crippen molar-refractivity contribution in [3.8, 4) is 11.4 Å². The van der Waals surface area contributed by atoms with Crippen LogP contribution in [-0.4, -0.2) is 15.2 Å². The Morgan fingerprint density at radius 3 is 2.45 bits per heavy atom. The normalized spacial score (nSPS) is 12.3. The fourth-order valence-corrected chi connectivity index (χ4v) is 2.18. The third kappa shape index (κ3) is 2.33. The number of nitrogens with zero attached hydrogens (tertiary/aromatic N) is 2. The Balaban J connectivity index is 1.93. The van der Waals surface area contributed by atoms with Crippen LogP contribution in [0.1, 0.15) is 23.0 Å². The highest BCUT2D eigenvalue weighted by molar-refractivity contribution is 5.59. The first-order valence-corrected chi connectivity index (χ1v) is 6.54. The molecule has 4 nitrogen and oxygen atoms in total.